The van der Waals surface area contributed by atoms with Crippen LogP contribution in [-0.2, 0) is 9.01 Å². The van der Waals surface area contributed by atoms with Crippen LogP contribution >= 0.6 is 7.37 Å². The SMILES string of the molecule is O=P(OB1n2c3c4ccccc4c2N=c2c4ccccc4c(n21)=NC1=NC(=N3)c2ccccc21)(c1ccccc1)c1ccccc1. The second-order valence-corrected chi connectivity index (χ2v) is 13.8. The summed E-state index contributed by atoms with van der Waals surface area (Å²) < 4.78 is 26.6. The fourth-order valence-electron chi connectivity index (χ4n) is 6.77. The van der Waals surface area contributed by atoms with Gasteiger partial charge in [-0.15, -0.1) is 0 Å². The molecule has 0 spiro atoms. The summed E-state index contributed by atoms with van der Waals surface area (Å²) in [5.41, 5.74) is 3.10. The minimum atomic E-state index is -3.72. The Hall–Kier alpha value is -5.63. The first-order chi connectivity index (χ1) is 22.7. The lowest BCUT2D eigenvalue weighted by molar-refractivity contribution is 0.491. The van der Waals surface area contributed by atoms with E-state index in [9.17, 15) is 0 Å². The van der Waals surface area contributed by atoms with E-state index >= 15 is 4.57 Å². The van der Waals surface area contributed by atoms with E-state index in [-0.39, 0.29) is 0 Å². The number of hydrogen-bond acceptors (Lipinski definition) is 6. The first kappa shape index (κ1) is 25.7. The van der Waals surface area contributed by atoms with Crippen LogP contribution < -0.4 is 21.6 Å². The van der Waals surface area contributed by atoms with Crippen molar-refractivity contribution in [1.29, 1.82) is 0 Å². The van der Waals surface area contributed by atoms with Crippen LogP contribution in [0.25, 0.3) is 21.5 Å². The highest BCUT2D eigenvalue weighted by Crippen LogP contribution is 2.48. The zero-order chi connectivity index (χ0) is 30.4. The summed E-state index contributed by atoms with van der Waals surface area (Å²) in [6.45, 7) is 0. The molecule has 0 N–H and O–H groups in total. The molecule has 7 aromatic rings. The highest BCUT2D eigenvalue weighted by Gasteiger charge is 2.44. The lowest BCUT2D eigenvalue weighted by Gasteiger charge is -2.28. The second kappa shape index (κ2) is 9.44. The molecule has 10 rings (SSSR count). The molecular weight excluding hydrogens is 590 g/mol. The molecule has 0 atom stereocenters. The number of amidine groups is 2. The highest BCUT2D eigenvalue weighted by atomic mass is 31.2. The Kier molecular flexibility index (Phi) is 5.27. The predicted molar refractivity (Wildman–Crippen MR) is 182 cm³/mol. The van der Waals surface area contributed by atoms with Crippen LogP contribution in [0.3, 0.4) is 0 Å². The van der Waals surface area contributed by atoms with Crippen molar-refractivity contribution in [3.63, 3.8) is 0 Å². The average molecular weight is 612 g/mol. The predicted octanol–water partition coefficient (Wildman–Crippen LogP) is 5.66. The molecule has 4 bridgehead atoms. The molecule has 2 aromatic heterocycles. The lowest BCUT2D eigenvalue weighted by atomic mass is 10.00. The third kappa shape index (κ3) is 3.47. The number of nitrogens with zero attached hydrogens (tertiary/aromatic N) is 6. The van der Waals surface area contributed by atoms with Gasteiger partial charge in [-0.3, -0.25) is 4.57 Å². The molecule has 0 radical (unpaired) electrons. The molecular formula is C36H22BN6O2P. The van der Waals surface area contributed by atoms with Crippen LogP contribution in [0.5, 0.6) is 0 Å². The third-order valence-corrected chi connectivity index (χ3v) is 11.3. The largest absolute Gasteiger partial charge is 0.568 e. The Balaban J connectivity index is 1.39. The van der Waals surface area contributed by atoms with Crippen molar-refractivity contribution in [2.24, 2.45) is 20.0 Å². The molecule has 8 nitrogen and oxygen atoms in total. The maximum Gasteiger partial charge on any atom is 0.568 e. The van der Waals surface area contributed by atoms with Crippen LogP contribution in [0.15, 0.2) is 153 Å². The van der Waals surface area contributed by atoms with Gasteiger partial charge in [-0.2, -0.15) is 0 Å². The number of fused-ring (bicyclic) bond motifs is 10. The normalized spacial score (nSPS) is 14.4. The van der Waals surface area contributed by atoms with Crippen molar-refractivity contribution in [1.82, 2.24) is 8.96 Å². The van der Waals surface area contributed by atoms with Crippen molar-refractivity contribution in [3.8, 4) is 0 Å². The molecule has 0 aliphatic carbocycles. The van der Waals surface area contributed by atoms with Gasteiger partial charge in [0.05, 0.1) is 0 Å². The summed E-state index contributed by atoms with van der Waals surface area (Å²) in [5.74, 6) is 2.41. The fraction of sp³-hybridized carbons (Fsp3) is 0. The first-order valence-electron chi connectivity index (χ1n) is 15.1. The standard InChI is InChI=1S/C36H22BN6O2P/c44-46(23-13-3-1-4-14-23,24-15-5-2-6-16-24)45-37-42-33-27-19-9-11-21-29(27)35(42)41-36-30-22-12-10-20-28(30)34(43(36)37)40-32-26-18-8-7-17-25(26)31(38-32)39-33/h1-22H. The van der Waals surface area contributed by atoms with Crippen molar-refractivity contribution >= 4 is 70.0 Å². The maximum atomic E-state index is 15.6. The Morgan fingerprint density at radius 1 is 0.478 bits per heavy atom. The lowest BCUT2D eigenvalue weighted by Crippen LogP contribution is -2.50. The van der Waals surface area contributed by atoms with Crippen LogP contribution in [0.2, 0.25) is 0 Å². The van der Waals surface area contributed by atoms with Gasteiger partial charge in [0, 0.05) is 43.3 Å². The Morgan fingerprint density at radius 3 is 1.52 bits per heavy atom. The average Bonchev–Trinajstić information content (AvgIpc) is 3.74. The van der Waals surface area contributed by atoms with Crippen molar-refractivity contribution in [2.75, 3.05) is 0 Å². The minimum Gasteiger partial charge on any atom is -0.339 e. The molecule has 10 heteroatoms. The molecule has 216 valence electrons. The number of rotatable bonds is 4. The van der Waals surface area contributed by atoms with Crippen LogP contribution in [0.4, 0.5) is 11.6 Å². The number of hydrogen-bond donors (Lipinski definition) is 0. The van der Waals surface area contributed by atoms with Gasteiger partial charge in [0.15, 0.2) is 11.7 Å². The van der Waals surface area contributed by atoms with E-state index in [2.05, 4.69) is 0 Å². The summed E-state index contributed by atoms with van der Waals surface area (Å²) in [5, 5.41) is 4.80. The van der Waals surface area contributed by atoms with E-state index in [1.165, 1.54) is 0 Å². The van der Waals surface area contributed by atoms with E-state index < -0.39 is 14.6 Å². The third-order valence-electron chi connectivity index (χ3n) is 8.86. The van der Waals surface area contributed by atoms with Gasteiger partial charge in [-0.1, -0.05) is 109 Å². The number of benzene rings is 5. The number of aromatic nitrogens is 2. The van der Waals surface area contributed by atoms with Crippen LogP contribution in [-0.4, -0.2) is 27.8 Å². The molecule has 46 heavy (non-hydrogen) atoms. The van der Waals surface area contributed by atoms with Gasteiger partial charge < -0.3 is 13.4 Å². The Bertz CT molecular complexity index is 2620. The van der Waals surface area contributed by atoms with E-state index in [4.69, 9.17) is 24.4 Å². The fourth-order valence-corrected chi connectivity index (χ4v) is 8.89. The van der Waals surface area contributed by atoms with E-state index in [0.29, 0.717) is 44.9 Å². The molecule has 5 aromatic carbocycles. The smallest absolute Gasteiger partial charge is 0.339 e. The second-order valence-electron chi connectivity index (χ2n) is 11.4. The highest BCUT2D eigenvalue weighted by molar-refractivity contribution is 7.75. The van der Waals surface area contributed by atoms with Crippen LogP contribution in [0.1, 0.15) is 11.1 Å². The molecule has 0 saturated heterocycles. The summed E-state index contributed by atoms with van der Waals surface area (Å²) in [7, 11) is -4.67. The van der Waals surface area contributed by atoms with E-state index in [1.807, 2.05) is 142 Å². The zero-order valence-electron chi connectivity index (χ0n) is 24.2. The molecule has 5 heterocycles. The monoisotopic (exact) mass is 612 g/mol. The van der Waals surface area contributed by atoms with Gasteiger partial charge in [0.25, 0.3) is 7.37 Å². The molecule has 0 fully saturated rings. The van der Waals surface area contributed by atoms with Gasteiger partial charge in [0.2, 0.25) is 0 Å². The van der Waals surface area contributed by atoms with Gasteiger partial charge in [0.1, 0.15) is 22.6 Å². The zero-order valence-corrected chi connectivity index (χ0v) is 25.1. The van der Waals surface area contributed by atoms with Crippen LogP contribution in [0, 0.1) is 0 Å². The van der Waals surface area contributed by atoms with E-state index in [0.717, 1.165) is 32.7 Å². The summed E-state index contributed by atoms with van der Waals surface area (Å²) in [4.78, 5) is 20.7. The van der Waals surface area contributed by atoms with E-state index in [1.54, 1.807) is 0 Å². The maximum absolute atomic E-state index is 15.6. The van der Waals surface area contributed by atoms with Crippen molar-refractivity contribution < 1.29 is 9.01 Å². The van der Waals surface area contributed by atoms with Crippen molar-refractivity contribution in [2.45, 2.75) is 0 Å². The minimum absolute atomic E-state index is 0.559. The van der Waals surface area contributed by atoms with Crippen molar-refractivity contribution in [3.05, 3.63) is 156 Å². The molecule has 3 aliphatic rings. The quantitative estimate of drug-likeness (QED) is 0.190. The molecule has 0 unspecified atom stereocenters. The molecule has 3 aliphatic heterocycles. The van der Waals surface area contributed by atoms with Gasteiger partial charge in [-0.25, -0.2) is 20.0 Å². The Morgan fingerprint density at radius 2 is 0.935 bits per heavy atom. The summed E-state index contributed by atoms with van der Waals surface area (Å²) in [6.07, 6.45) is 0. The number of aliphatic imine (C=N–C) groups is 2. The first-order valence-corrected chi connectivity index (χ1v) is 16.7. The Labute approximate surface area is 263 Å². The molecule has 0 amide bonds. The van der Waals surface area contributed by atoms with Gasteiger partial charge >= 0.3 is 7.19 Å². The van der Waals surface area contributed by atoms with Gasteiger partial charge in [-0.05, 0) is 24.3 Å². The summed E-state index contributed by atoms with van der Waals surface area (Å²) >= 11 is 0. The topological polar surface area (TPSA) is 85.6 Å². The summed E-state index contributed by atoms with van der Waals surface area (Å²) in [6, 6.07) is 43.0. The molecule has 0 saturated carbocycles.